The molecule has 0 atom stereocenters. The second kappa shape index (κ2) is 6.20. The standard InChI is InChI=1S/C16H16BrNO2S/c1-16(2,3)10-4-7-14(18-9-10)21-13-8-11(17)5-6-12(13)15(19)20/h4-9H,1-3H3,(H,19,20). The van der Waals surface area contributed by atoms with E-state index in [-0.39, 0.29) is 11.0 Å². The summed E-state index contributed by atoms with van der Waals surface area (Å²) < 4.78 is 0.848. The zero-order valence-electron chi connectivity index (χ0n) is 12.1. The van der Waals surface area contributed by atoms with Gasteiger partial charge in [0.05, 0.1) is 5.56 Å². The molecule has 0 aliphatic heterocycles. The van der Waals surface area contributed by atoms with E-state index < -0.39 is 5.97 Å². The Kier molecular flexibility index (Phi) is 4.74. The van der Waals surface area contributed by atoms with Crippen molar-refractivity contribution in [3.05, 3.63) is 52.1 Å². The largest absolute Gasteiger partial charge is 0.478 e. The van der Waals surface area contributed by atoms with Crippen molar-refractivity contribution in [2.45, 2.75) is 36.1 Å². The van der Waals surface area contributed by atoms with Crippen LogP contribution in [0.15, 0.2) is 50.9 Å². The maximum Gasteiger partial charge on any atom is 0.336 e. The third-order valence-corrected chi connectivity index (χ3v) is 4.49. The summed E-state index contributed by atoms with van der Waals surface area (Å²) >= 11 is 4.72. The number of hydrogen-bond acceptors (Lipinski definition) is 3. The van der Waals surface area contributed by atoms with Crippen LogP contribution in [0.25, 0.3) is 0 Å². The summed E-state index contributed by atoms with van der Waals surface area (Å²) in [5.74, 6) is -0.934. The van der Waals surface area contributed by atoms with Gasteiger partial charge in [-0.25, -0.2) is 9.78 Å². The Balaban J connectivity index is 2.30. The Morgan fingerprint density at radius 2 is 1.95 bits per heavy atom. The van der Waals surface area contributed by atoms with E-state index in [4.69, 9.17) is 0 Å². The fourth-order valence-electron chi connectivity index (χ4n) is 1.75. The number of pyridine rings is 1. The van der Waals surface area contributed by atoms with Crippen LogP contribution in [0, 0.1) is 0 Å². The molecule has 21 heavy (non-hydrogen) atoms. The van der Waals surface area contributed by atoms with Gasteiger partial charge in [0.1, 0.15) is 5.03 Å². The van der Waals surface area contributed by atoms with Crippen molar-refractivity contribution in [2.75, 3.05) is 0 Å². The van der Waals surface area contributed by atoms with Gasteiger partial charge >= 0.3 is 5.97 Å². The first-order valence-electron chi connectivity index (χ1n) is 6.44. The third-order valence-electron chi connectivity index (χ3n) is 2.99. The lowest BCUT2D eigenvalue weighted by Crippen LogP contribution is -2.11. The first-order chi connectivity index (χ1) is 9.77. The number of carboxylic acids is 1. The number of halogens is 1. The summed E-state index contributed by atoms with van der Waals surface area (Å²) in [5.41, 5.74) is 1.49. The number of hydrogen-bond donors (Lipinski definition) is 1. The maximum atomic E-state index is 11.3. The maximum absolute atomic E-state index is 11.3. The molecule has 0 saturated carbocycles. The number of benzene rings is 1. The van der Waals surface area contributed by atoms with Gasteiger partial charge in [-0.15, -0.1) is 0 Å². The summed E-state index contributed by atoms with van der Waals surface area (Å²) in [6.45, 7) is 6.40. The second-order valence-corrected chi connectivity index (χ2v) is 7.66. The molecule has 110 valence electrons. The fraction of sp³-hybridized carbons (Fsp3) is 0.250. The summed E-state index contributed by atoms with van der Waals surface area (Å²) in [6.07, 6.45) is 1.85. The Morgan fingerprint density at radius 3 is 2.48 bits per heavy atom. The molecule has 1 aromatic heterocycles. The lowest BCUT2D eigenvalue weighted by molar-refractivity contribution is 0.0693. The summed E-state index contributed by atoms with van der Waals surface area (Å²) in [6, 6.07) is 9.08. The predicted molar refractivity (Wildman–Crippen MR) is 88.2 cm³/mol. The fourth-order valence-corrected chi connectivity index (χ4v) is 3.18. The Hall–Kier alpha value is -1.33. The molecule has 0 aliphatic rings. The van der Waals surface area contributed by atoms with Gasteiger partial charge in [0.15, 0.2) is 0 Å². The van der Waals surface area contributed by atoms with Crippen molar-refractivity contribution < 1.29 is 9.90 Å². The molecule has 2 aromatic rings. The normalized spacial score (nSPS) is 11.4. The molecular formula is C16H16BrNO2S. The molecule has 1 heterocycles. The topological polar surface area (TPSA) is 50.2 Å². The SMILES string of the molecule is CC(C)(C)c1ccc(Sc2cc(Br)ccc2C(=O)O)nc1. The first-order valence-corrected chi connectivity index (χ1v) is 8.05. The average Bonchev–Trinajstić information content (AvgIpc) is 2.38. The zero-order chi connectivity index (χ0) is 15.6. The number of aromatic carboxylic acids is 1. The van der Waals surface area contributed by atoms with Crippen LogP contribution in [0.5, 0.6) is 0 Å². The van der Waals surface area contributed by atoms with Crippen molar-refractivity contribution >= 4 is 33.7 Å². The van der Waals surface area contributed by atoms with Crippen molar-refractivity contribution in [3.8, 4) is 0 Å². The first kappa shape index (κ1) is 16.0. The summed E-state index contributed by atoms with van der Waals surface area (Å²) in [7, 11) is 0. The number of aromatic nitrogens is 1. The van der Waals surface area contributed by atoms with Gasteiger partial charge in [0.25, 0.3) is 0 Å². The lowest BCUT2D eigenvalue weighted by atomic mass is 9.88. The molecule has 0 radical (unpaired) electrons. The van der Waals surface area contributed by atoms with Crippen molar-refractivity contribution in [1.29, 1.82) is 0 Å². The molecule has 1 N–H and O–H groups in total. The van der Waals surface area contributed by atoms with Crippen molar-refractivity contribution in [3.63, 3.8) is 0 Å². The Morgan fingerprint density at radius 1 is 1.24 bits per heavy atom. The quantitative estimate of drug-likeness (QED) is 0.831. The van der Waals surface area contributed by atoms with E-state index in [0.717, 1.165) is 15.1 Å². The van der Waals surface area contributed by atoms with Crippen LogP contribution in [0.2, 0.25) is 0 Å². The van der Waals surface area contributed by atoms with Gasteiger partial charge in [-0.2, -0.15) is 0 Å². The van der Waals surface area contributed by atoms with Gasteiger partial charge in [0.2, 0.25) is 0 Å². The molecule has 0 bridgehead atoms. The summed E-state index contributed by atoms with van der Waals surface area (Å²) in [4.78, 5) is 16.4. The van der Waals surface area contributed by atoms with Crippen LogP contribution in [-0.4, -0.2) is 16.1 Å². The van der Waals surface area contributed by atoms with E-state index in [9.17, 15) is 9.90 Å². The van der Waals surface area contributed by atoms with Gasteiger partial charge in [-0.05, 0) is 35.2 Å². The monoisotopic (exact) mass is 365 g/mol. The highest BCUT2D eigenvalue weighted by molar-refractivity contribution is 9.10. The smallest absolute Gasteiger partial charge is 0.336 e. The highest BCUT2D eigenvalue weighted by atomic mass is 79.9. The van der Waals surface area contributed by atoms with E-state index in [1.807, 2.05) is 18.3 Å². The number of carboxylic acid groups (broad SMARTS) is 1. The van der Waals surface area contributed by atoms with Crippen LogP contribution < -0.4 is 0 Å². The summed E-state index contributed by atoms with van der Waals surface area (Å²) in [5, 5.41) is 10.0. The number of rotatable bonds is 3. The van der Waals surface area contributed by atoms with E-state index in [2.05, 4.69) is 41.7 Å². The van der Waals surface area contributed by atoms with Crippen molar-refractivity contribution in [1.82, 2.24) is 4.98 Å². The molecule has 0 saturated heterocycles. The highest BCUT2D eigenvalue weighted by Gasteiger charge is 2.15. The third kappa shape index (κ3) is 4.08. The molecule has 0 fully saturated rings. The van der Waals surface area contributed by atoms with Crippen LogP contribution in [-0.2, 0) is 5.41 Å². The van der Waals surface area contributed by atoms with Gasteiger partial charge in [-0.1, -0.05) is 54.5 Å². The van der Waals surface area contributed by atoms with E-state index in [0.29, 0.717) is 4.90 Å². The molecule has 2 rings (SSSR count). The average molecular weight is 366 g/mol. The molecular weight excluding hydrogens is 350 g/mol. The Labute approximate surface area is 136 Å². The number of nitrogens with zero attached hydrogens (tertiary/aromatic N) is 1. The molecule has 0 aliphatic carbocycles. The molecule has 0 unspecified atom stereocenters. The minimum Gasteiger partial charge on any atom is -0.478 e. The van der Waals surface area contributed by atoms with E-state index in [1.165, 1.54) is 11.8 Å². The van der Waals surface area contributed by atoms with Crippen LogP contribution >= 0.6 is 27.7 Å². The minimum absolute atomic E-state index is 0.0538. The van der Waals surface area contributed by atoms with Crippen LogP contribution in [0.1, 0.15) is 36.7 Å². The van der Waals surface area contributed by atoms with E-state index in [1.54, 1.807) is 18.2 Å². The molecule has 0 amide bonds. The number of carbonyl (C=O) groups is 1. The van der Waals surface area contributed by atoms with Crippen molar-refractivity contribution in [2.24, 2.45) is 0 Å². The van der Waals surface area contributed by atoms with E-state index >= 15 is 0 Å². The van der Waals surface area contributed by atoms with Crippen LogP contribution in [0.4, 0.5) is 0 Å². The predicted octanol–water partition coefficient (Wildman–Crippen LogP) is 4.99. The lowest BCUT2D eigenvalue weighted by Gasteiger charge is -2.18. The molecule has 5 heteroatoms. The van der Waals surface area contributed by atoms with Gasteiger partial charge in [0, 0.05) is 15.6 Å². The minimum atomic E-state index is -0.934. The Bertz CT molecular complexity index is 663. The van der Waals surface area contributed by atoms with Gasteiger partial charge < -0.3 is 5.11 Å². The molecule has 3 nitrogen and oxygen atoms in total. The van der Waals surface area contributed by atoms with Gasteiger partial charge in [-0.3, -0.25) is 0 Å². The van der Waals surface area contributed by atoms with Crippen LogP contribution in [0.3, 0.4) is 0 Å². The molecule has 0 spiro atoms. The zero-order valence-corrected chi connectivity index (χ0v) is 14.5. The molecule has 1 aromatic carbocycles. The second-order valence-electron chi connectivity index (χ2n) is 5.68. The highest BCUT2D eigenvalue weighted by Crippen LogP contribution is 2.32.